The average Bonchev–Trinajstić information content (AvgIpc) is 3.23. The fourth-order valence-electron chi connectivity index (χ4n) is 2.21. The van der Waals surface area contributed by atoms with Crippen LogP contribution in [-0.2, 0) is 9.53 Å². The molecule has 112 valence electrons. The van der Waals surface area contributed by atoms with Gasteiger partial charge in [-0.25, -0.2) is 0 Å². The lowest BCUT2D eigenvalue weighted by Crippen LogP contribution is -2.19. The van der Waals surface area contributed by atoms with Crippen molar-refractivity contribution in [2.24, 2.45) is 5.92 Å². The van der Waals surface area contributed by atoms with Crippen LogP contribution in [0.3, 0.4) is 0 Å². The molecule has 1 atom stereocenters. The Labute approximate surface area is 117 Å². The molecule has 0 aromatic rings. The molecule has 1 rings (SSSR count). The van der Waals surface area contributed by atoms with Gasteiger partial charge in [0.2, 0.25) is 0 Å². The minimum atomic E-state index is -0.470. The van der Waals surface area contributed by atoms with E-state index in [2.05, 4.69) is 6.92 Å². The lowest BCUT2D eigenvalue weighted by molar-refractivity contribution is -0.148. The van der Waals surface area contributed by atoms with Gasteiger partial charge < -0.3 is 9.84 Å². The van der Waals surface area contributed by atoms with E-state index in [1.54, 1.807) is 0 Å². The van der Waals surface area contributed by atoms with Crippen LogP contribution in [0.15, 0.2) is 0 Å². The second-order valence-electron chi connectivity index (χ2n) is 5.82. The fourth-order valence-corrected chi connectivity index (χ4v) is 2.21. The van der Waals surface area contributed by atoms with Gasteiger partial charge in [-0.2, -0.15) is 0 Å². The minimum Gasteiger partial charge on any atom is -0.463 e. The van der Waals surface area contributed by atoms with E-state index in [-0.39, 0.29) is 18.5 Å². The van der Waals surface area contributed by atoms with Crippen LogP contribution in [0.1, 0.15) is 77.6 Å². The average molecular weight is 270 g/mol. The Morgan fingerprint density at radius 2 is 1.68 bits per heavy atom. The Balaban J connectivity index is 1.81. The molecule has 0 aromatic carbocycles. The molecule has 0 radical (unpaired) electrons. The highest BCUT2D eigenvalue weighted by Crippen LogP contribution is 2.30. The number of hydrogen-bond donors (Lipinski definition) is 1. The largest absolute Gasteiger partial charge is 0.463 e. The van der Waals surface area contributed by atoms with E-state index >= 15 is 0 Å². The molecular formula is C16H30O3. The van der Waals surface area contributed by atoms with Gasteiger partial charge in [0.1, 0.15) is 6.61 Å². The summed E-state index contributed by atoms with van der Waals surface area (Å²) in [7, 11) is 0. The number of unbranched alkanes of at least 4 members (excludes halogenated alkanes) is 7. The van der Waals surface area contributed by atoms with Crippen LogP contribution in [0.4, 0.5) is 0 Å². The lowest BCUT2D eigenvalue weighted by Gasteiger charge is -2.11. The second kappa shape index (κ2) is 10.2. The van der Waals surface area contributed by atoms with Crippen LogP contribution in [-0.4, -0.2) is 23.8 Å². The lowest BCUT2D eigenvalue weighted by atomic mass is 10.1. The zero-order chi connectivity index (χ0) is 13.9. The van der Waals surface area contributed by atoms with Gasteiger partial charge in [0.25, 0.3) is 0 Å². The predicted octanol–water partition coefficient (Wildman–Crippen LogP) is 3.83. The first-order chi connectivity index (χ1) is 9.24. The fraction of sp³-hybridized carbons (Fsp3) is 0.938. The molecule has 3 heteroatoms. The molecule has 0 spiro atoms. The van der Waals surface area contributed by atoms with E-state index in [0.717, 1.165) is 25.7 Å². The van der Waals surface area contributed by atoms with Crippen molar-refractivity contribution in [1.82, 2.24) is 0 Å². The summed E-state index contributed by atoms with van der Waals surface area (Å²) in [6, 6.07) is 0. The van der Waals surface area contributed by atoms with Crippen LogP contribution < -0.4 is 0 Å². The first-order valence-corrected chi connectivity index (χ1v) is 8.08. The van der Waals surface area contributed by atoms with Crippen LogP contribution in [0, 0.1) is 5.92 Å². The molecule has 3 nitrogen and oxygen atoms in total. The van der Waals surface area contributed by atoms with E-state index in [4.69, 9.17) is 4.74 Å². The van der Waals surface area contributed by atoms with Crippen LogP contribution in [0.25, 0.3) is 0 Å². The third-order valence-electron chi connectivity index (χ3n) is 3.72. The van der Waals surface area contributed by atoms with E-state index < -0.39 is 6.10 Å². The molecule has 0 heterocycles. The highest BCUT2D eigenvalue weighted by molar-refractivity contribution is 5.74. The van der Waals surface area contributed by atoms with Gasteiger partial charge in [-0.3, -0.25) is 4.79 Å². The van der Waals surface area contributed by atoms with Gasteiger partial charge in [-0.05, 0) is 19.3 Å². The van der Waals surface area contributed by atoms with Crippen LogP contribution >= 0.6 is 0 Å². The van der Waals surface area contributed by atoms with Crippen molar-refractivity contribution in [3.8, 4) is 0 Å². The van der Waals surface area contributed by atoms with Crippen LogP contribution in [0.5, 0.6) is 0 Å². The maximum Gasteiger partial charge on any atom is 0.309 e. The molecule has 1 unspecified atom stereocenters. The van der Waals surface area contributed by atoms with Gasteiger partial charge in [-0.15, -0.1) is 0 Å². The van der Waals surface area contributed by atoms with E-state index in [1.165, 1.54) is 44.9 Å². The van der Waals surface area contributed by atoms with Crippen molar-refractivity contribution in [3.05, 3.63) is 0 Å². The Hall–Kier alpha value is -0.570. The van der Waals surface area contributed by atoms with Gasteiger partial charge in [0.05, 0.1) is 12.0 Å². The molecule has 19 heavy (non-hydrogen) atoms. The Morgan fingerprint density at radius 1 is 1.11 bits per heavy atom. The number of hydrogen-bond acceptors (Lipinski definition) is 3. The quantitative estimate of drug-likeness (QED) is 0.433. The normalized spacial score (nSPS) is 16.3. The summed E-state index contributed by atoms with van der Waals surface area (Å²) in [5.41, 5.74) is 0. The number of aliphatic hydroxyl groups is 1. The molecular weight excluding hydrogens is 240 g/mol. The van der Waals surface area contributed by atoms with E-state index in [0.29, 0.717) is 0 Å². The molecule has 1 aliphatic carbocycles. The third-order valence-corrected chi connectivity index (χ3v) is 3.72. The monoisotopic (exact) mass is 270 g/mol. The predicted molar refractivity (Wildman–Crippen MR) is 76.9 cm³/mol. The number of aliphatic hydroxyl groups excluding tert-OH is 1. The van der Waals surface area contributed by atoms with Gasteiger partial charge in [-0.1, -0.05) is 58.3 Å². The number of carbonyl (C=O) groups excluding carboxylic acids is 1. The topological polar surface area (TPSA) is 46.5 Å². The zero-order valence-corrected chi connectivity index (χ0v) is 12.4. The molecule has 1 fully saturated rings. The first kappa shape index (κ1) is 16.5. The van der Waals surface area contributed by atoms with Crippen molar-refractivity contribution < 1.29 is 14.6 Å². The zero-order valence-electron chi connectivity index (χ0n) is 12.4. The summed E-state index contributed by atoms with van der Waals surface area (Å²) in [4.78, 5) is 11.3. The molecule has 0 aliphatic heterocycles. The highest BCUT2D eigenvalue weighted by atomic mass is 16.5. The summed E-state index contributed by atoms with van der Waals surface area (Å²) < 4.78 is 5.06. The van der Waals surface area contributed by atoms with Crippen molar-refractivity contribution in [2.75, 3.05) is 6.61 Å². The molecule has 1 aliphatic rings. The van der Waals surface area contributed by atoms with Crippen molar-refractivity contribution in [3.63, 3.8) is 0 Å². The van der Waals surface area contributed by atoms with Crippen molar-refractivity contribution >= 4 is 5.97 Å². The van der Waals surface area contributed by atoms with Crippen LogP contribution in [0.2, 0.25) is 0 Å². The summed E-state index contributed by atoms with van der Waals surface area (Å²) in [6.07, 6.45) is 12.4. The summed E-state index contributed by atoms with van der Waals surface area (Å²) >= 11 is 0. The molecule has 0 bridgehead atoms. The van der Waals surface area contributed by atoms with Crippen molar-refractivity contribution in [2.45, 2.75) is 83.7 Å². The van der Waals surface area contributed by atoms with Gasteiger partial charge in [0, 0.05) is 0 Å². The van der Waals surface area contributed by atoms with Gasteiger partial charge >= 0.3 is 5.97 Å². The van der Waals surface area contributed by atoms with Gasteiger partial charge in [0.15, 0.2) is 0 Å². The maximum absolute atomic E-state index is 11.3. The summed E-state index contributed by atoms with van der Waals surface area (Å²) in [6.45, 7) is 2.42. The summed E-state index contributed by atoms with van der Waals surface area (Å²) in [5, 5.41) is 9.70. The molecule has 1 saturated carbocycles. The number of esters is 1. The number of ether oxygens (including phenoxy) is 1. The molecule has 0 amide bonds. The molecule has 0 saturated heterocycles. The molecule has 0 aromatic heterocycles. The Kier molecular flexibility index (Phi) is 8.89. The minimum absolute atomic E-state index is 0.116. The van der Waals surface area contributed by atoms with E-state index in [9.17, 15) is 9.90 Å². The smallest absolute Gasteiger partial charge is 0.309 e. The van der Waals surface area contributed by atoms with E-state index in [1.807, 2.05) is 0 Å². The SMILES string of the molecule is CCCCCCCCCCC(O)COC(=O)C1CC1. The van der Waals surface area contributed by atoms with Crippen molar-refractivity contribution in [1.29, 1.82) is 0 Å². The standard InChI is InChI=1S/C16H30O3/c1-2-3-4-5-6-7-8-9-10-15(17)13-19-16(18)14-11-12-14/h14-15,17H,2-13H2,1H3. The summed E-state index contributed by atoms with van der Waals surface area (Å²) in [5.74, 6) is 0.0188. The third kappa shape index (κ3) is 9.04. The number of carbonyl (C=O) groups is 1. The maximum atomic E-state index is 11.3. The Bertz CT molecular complexity index is 236. The Morgan fingerprint density at radius 3 is 2.26 bits per heavy atom. The molecule has 1 N–H and O–H groups in total. The first-order valence-electron chi connectivity index (χ1n) is 8.08. The second-order valence-corrected chi connectivity index (χ2v) is 5.82. The number of rotatable bonds is 12. The highest BCUT2D eigenvalue weighted by Gasteiger charge is 2.31.